The summed E-state index contributed by atoms with van der Waals surface area (Å²) in [5.41, 5.74) is 1.67. The number of rotatable bonds is 8. The van der Waals surface area contributed by atoms with Crippen molar-refractivity contribution in [2.45, 2.75) is 37.5 Å². The zero-order chi connectivity index (χ0) is 27.9. The Hall–Kier alpha value is -2.59. The Labute approximate surface area is 231 Å². The molecule has 10 nitrogen and oxygen atoms in total. The fraction of sp³-hybridized carbons (Fsp3) is 0.375. The second kappa shape index (κ2) is 11.1. The SMILES string of the molecule is NS(=O)(=O)OCC1C[C@@H](Nc2ncncc2C(=O)c2cc([C@H]3OCCc4cc(F)c(F)cc43)c(Cl)s2)C[C@@H]1O. The van der Waals surface area contributed by atoms with Crippen molar-refractivity contribution in [3.05, 3.63) is 73.8 Å². The molecule has 1 aromatic carbocycles. The van der Waals surface area contributed by atoms with Crippen molar-refractivity contribution in [1.82, 2.24) is 9.97 Å². The predicted molar refractivity (Wildman–Crippen MR) is 138 cm³/mol. The van der Waals surface area contributed by atoms with Crippen molar-refractivity contribution in [2.75, 3.05) is 18.5 Å². The van der Waals surface area contributed by atoms with Gasteiger partial charge in [-0.15, -0.1) is 11.3 Å². The van der Waals surface area contributed by atoms with Crippen LogP contribution in [-0.4, -0.2) is 54.6 Å². The van der Waals surface area contributed by atoms with E-state index in [2.05, 4.69) is 19.5 Å². The second-order valence-corrected chi connectivity index (χ2v) is 12.2. The maximum atomic E-state index is 14.0. The van der Waals surface area contributed by atoms with Crippen LogP contribution in [0.15, 0.2) is 30.7 Å². The number of aliphatic hydroxyl groups is 1. The summed E-state index contributed by atoms with van der Waals surface area (Å²) in [5.74, 6) is -2.63. The van der Waals surface area contributed by atoms with E-state index >= 15 is 0 Å². The van der Waals surface area contributed by atoms with Gasteiger partial charge in [0.15, 0.2) is 11.6 Å². The number of nitrogens with zero attached hydrogens (tertiary/aromatic N) is 2. The van der Waals surface area contributed by atoms with Gasteiger partial charge in [0.05, 0.1) is 34.1 Å². The average molecular weight is 601 g/mol. The van der Waals surface area contributed by atoms with Crippen molar-refractivity contribution in [2.24, 2.45) is 11.1 Å². The summed E-state index contributed by atoms with van der Waals surface area (Å²) in [6, 6.07) is 3.47. The van der Waals surface area contributed by atoms with Crippen LogP contribution in [-0.2, 0) is 25.6 Å². The molecule has 39 heavy (non-hydrogen) atoms. The van der Waals surface area contributed by atoms with Crippen LogP contribution >= 0.6 is 22.9 Å². The van der Waals surface area contributed by atoms with Gasteiger partial charge in [-0.3, -0.25) is 8.98 Å². The Balaban J connectivity index is 1.36. The number of ketones is 1. The van der Waals surface area contributed by atoms with Crippen LogP contribution in [0.5, 0.6) is 0 Å². The van der Waals surface area contributed by atoms with E-state index in [1.165, 1.54) is 12.5 Å². The summed E-state index contributed by atoms with van der Waals surface area (Å²) < 4.78 is 60.7. The van der Waals surface area contributed by atoms with E-state index < -0.39 is 45.8 Å². The number of hydrogen-bond donors (Lipinski definition) is 3. The molecular weight excluding hydrogens is 578 g/mol. The number of nitrogens with two attached hydrogens (primary N) is 1. The lowest BCUT2D eigenvalue weighted by atomic mass is 9.93. The first kappa shape index (κ1) is 28.0. The quantitative estimate of drug-likeness (QED) is 0.331. The average Bonchev–Trinajstić information content (AvgIpc) is 3.44. The number of fused-ring (bicyclic) bond motifs is 1. The highest BCUT2D eigenvalue weighted by Crippen LogP contribution is 2.41. The highest BCUT2D eigenvalue weighted by atomic mass is 35.5. The number of aliphatic hydroxyl groups excluding tert-OH is 1. The predicted octanol–water partition coefficient (Wildman–Crippen LogP) is 3.13. The van der Waals surface area contributed by atoms with Gasteiger partial charge in [-0.25, -0.2) is 23.9 Å². The first-order valence-electron chi connectivity index (χ1n) is 11.8. The minimum absolute atomic E-state index is 0.152. The number of halogens is 3. The van der Waals surface area contributed by atoms with Gasteiger partial charge in [0, 0.05) is 23.7 Å². The number of ether oxygens (including phenoxy) is 1. The number of carbonyl (C=O) groups excluding carboxylic acids is 1. The zero-order valence-corrected chi connectivity index (χ0v) is 22.5. The number of benzene rings is 1. The fourth-order valence-corrected chi connectivity index (χ4v) is 6.52. The summed E-state index contributed by atoms with van der Waals surface area (Å²) in [5, 5.41) is 18.3. The normalized spacial score (nSPS) is 23.0. The topological polar surface area (TPSA) is 154 Å². The molecule has 2 aliphatic rings. The lowest BCUT2D eigenvalue weighted by Gasteiger charge is -2.26. The molecule has 0 spiro atoms. The highest BCUT2D eigenvalue weighted by Gasteiger charge is 2.35. The summed E-state index contributed by atoms with van der Waals surface area (Å²) in [6.07, 6.45) is 2.02. The number of nitrogens with one attached hydrogen (secondary N) is 1. The zero-order valence-electron chi connectivity index (χ0n) is 20.1. The van der Waals surface area contributed by atoms with Crippen molar-refractivity contribution in [1.29, 1.82) is 0 Å². The van der Waals surface area contributed by atoms with Crippen LogP contribution < -0.4 is 10.5 Å². The third-order valence-electron chi connectivity index (χ3n) is 6.74. The van der Waals surface area contributed by atoms with Crippen LogP contribution in [0.1, 0.15) is 50.9 Å². The van der Waals surface area contributed by atoms with Gasteiger partial charge < -0.3 is 15.2 Å². The lowest BCUT2D eigenvalue weighted by Crippen LogP contribution is -2.24. The van der Waals surface area contributed by atoms with Crippen molar-refractivity contribution in [3.8, 4) is 0 Å². The molecule has 208 valence electrons. The molecule has 0 saturated heterocycles. The number of hydrogen-bond acceptors (Lipinski definition) is 10. The van der Waals surface area contributed by atoms with Crippen LogP contribution in [0.4, 0.5) is 14.6 Å². The van der Waals surface area contributed by atoms with Gasteiger partial charge in [0.25, 0.3) is 0 Å². The van der Waals surface area contributed by atoms with Crippen LogP contribution in [0.25, 0.3) is 0 Å². The largest absolute Gasteiger partial charge is 0.393 e. The molecule has 1 saturated carbocycles. The molecule has 0 amide bonds. The van der Waals surface area contributed by atoms with Crippen LogP contribution in [0.2, 0.25) is 4.34 Å². The molecule has 1 fully saturated rings. The van der Waals surface area contributed by atoms with Gasteiger partial charge in [0.2, 0.25) is 5.78 Å². The highest BCUT2D eigenvalue weighted by molar-refractivity contribution is 7.84. The Morgan fingerprint density at radius 1 is 1.26 bits per heavy atom. The van der Waals surface area contributed by atoms with Crippen molar-refractivity contribution in [3.63, 3.8) is 0 Å². The van der Waals surface area contributed by atoms with Gasteiger partial charge >= 0.3 is 10.3 Å². The molecule has 3 heterocycles. The Morgan fingerprint density at radius 3 is 2.79 bits per heavy atom. The van der Waals surface area contributed by atoms with Gasteiger partial charge in [-0.05, 0) is 48.6 Å². The van der Waals surface area contributed by atoms with E-state index in [9.17, 15) is 27.1 Å². The molecule has 4 N–H and O–H groups in total. The van der Waals surface area contributed by atoms with E-state index in [0.717, 1.165) is 23.5 Å². The molecule has 0 bridgehead atoms. The monoisotopic (exact) mass is 600 g/mol. The third-order valence-corrected chi connectivity index (χ3v) is 8.59. The molecule has 1 aliphatic heterocycles. The fourth-order valence-electron chi connectivity index (χ4n) is 4.89. The smallest absolute Gasteiger partial charge is 0.333 e. The molecule has 3 aromatic rings. The Kier molecular flexibility index (Phi) is 7.97. The molecule has 1 aliphatic carbocycles. The Bertz CT molecular complexity index is 1520. The van der Waals surface area contributed by atoms with Crippen molar-refractivity contribution >= 4 is 44.8 Å². The first-order valence-corrected chi connectivity index (χ1v) is 14.5. The van der Waals surface area contributed by atoms with E-state index in [4.69, 9.17) is 21.5 Å². The molecular formula is C24H23ClF2N4O6S2. The molecule has 4 atom stereocenters. The van der Waals surface area contributed by atoms with E-state index in [0.29, 0.717) is 29.5 Å². The summed E-state index contributed by atoms with van der Waals surface area (Å²) in [6.45, 7) is 0.00237. The maximum absolute atomic E-state index is 14.0. The standard InChI is InChI=1S/C24H23ClF2N4O6S2/c25-23-15(22-14-6-18(27)17(26)4-11(14)1-2-36-22)7-20(38-23)21(33)16-8-29-10-30-24(16)31-13-3-12(19(32)5-13)9-37-39(28,34)35/h4,6-8,10,12-13,19,22,32H,1-3,5,9H2,(H2,28,34,35)(H,29,30,31)/t12?,13-,19+,22+/m1/s1. The molecule has 15 heteroatoms. The maximum Gasteiger partial charge on any atom is 0.333 e. The number of anilines is 1. The minimum atomic E-state index is -4.14. The molecule has 2 aromatic heterocycles. The number of thiophene rings is 1. The number of carbonyl (C=O) groups is 1. The second-order valence-electron chi connectivity index (χ2n) is 9.34. The van der Waals surface area contributed by atoms with E-state index in [1.54, 1.807) is 6.07 Å². The van der Waals surface area contributed by atoms with Crippen LogP contribution in [0, 0.1) is 17.6 Å². The number of aromatic nitrogens is 2. The first-order chi connectivity index (χ1) is 18.5. The molecule has 5 rings (SSSR count). The van der Waals surface area contributed by atoms with Crippen LogP contribution in [0.3, 0.4) is 0 Å². The van der Waals surface area contributed by atoms with E-state index in [-0.39, 0.29) is 46.3 Å². The van der Waals surface area contributed by atoms with E-state index in [1.807, 2.05) is 0 Å². The van der Waals surface area contributed by atoms with Gasteiger partial charge in [0.1, 0.15) is 18.2 Å². The van der Waals surface area contributed by atoms with Gasteiger partial charge in [-0.1, -0.05) is 11.6 Å². The minimum Gasteiger partial charge on any atom is -0.393 e. The summed E-state index contributed by atoms with van der Waals surface area (Å²) >= 11 is 7.51. The molecule has 1 unspecified atom stereocenters. The summed E-state index contributed by atoms with van der Waals surface area (Å²) in [4.78, 5) is 21.9. The van der Waals surface area contributed by atoms with Crippen molar-refractivity contribution < 1.29 is 36.0 Å². The summed E-state index contributed by atoms with van der Waals surface area (Å²) in [7, 11) is -4.14. The third kappa shape index (κ3) is 6.11. The Morgan fingerprint density at radius 2 is 2.03 bits per heavy atom. The van der Waals surface area contributed by atoms with Gasteiger partial charge in [-0.2, -0.15) is 8.42 Å². The molecule has 0 radical (unpaired) electrons. The lowest BCUT2D eigenvalue weighted by molar-refractivity contribution is 0.0696.